The van der Waals surface area contributed by atoms with E-state index in [1.165, 1.54) is 22.9 Å². The average molecular weight is 383 g/mol. The highest BCUT2D eigenvalue weighted by atomic mass is 19.4. The molecule has 1 aromatic carbocycles. The third-order valence-electron chi connectivity index (χ3n) is 4.40. The van der Waals surface area contributed by atoms with Gasteiger partial charge in [0.25, 0.3) is 0 Å². The molecule has 0 saturated carbocycles. The SMILES string of the molecule is C[C@H](Nc1nccc(-c2cnc3c(C(F)(F)F)cccn23)n1)c1ccccc1. The molecule has 8 heteroatoms. The molecule has 142 valence electrons. The van der Waals surface area contributed by atoms with Crippen molar-refractivity contribution >= 4 is 11.6 Å². The number of imidazole rings is 1. The van der Waals surface area contributed by atoms with E-state index in [4.69, 9.17) is 0 Å². The molecule has 4 aromatic rings. The highest BCUT2D eigenvalue weighted by Crippen LogP contribution is 2.33. The maximum absolute atomic E-state index is 13.2. The van der Waals surface area contributed by atoms with E-state index in [-0.39, 0.29) is 11.7 Å². The van der Waals surface area contributed by atoms with Gasteiger partial charge in [-0.05, 0) is 30.7 Å². The van der Waals surface area contributed by atoms with Crippen molar-refractivity contribution in [3.63, 3.8) is 0 Å². The smallest absolute Gasteiger partial charge is 0.348 e. The van der Waals surface area contributed by atoms with Crippen LogP contribution in [-0.4, -0.2) is 19.4 Å². The lowest BCUT2D eigenvalue weighted by Crippen LogP contribution is -2.10. The fourth-order valence-electron chi connectivity index (χ4n) is 3.01. The van der Waals surface area contributed by atoms with E-state index in [0.29, 0.717) is 17.3 Å². The van der Waals surface area contributed by atoms with Crippen LogP contribution in [0.25, 0.3) is 17.0 Å². The fourth-order valence-corrected chi connectivity index (χ4v) is 3.01. The molecule has 0 aliphatic carbocycles. The van der Waals surface area contributed by atoms with Crippen LogP contribution >= 0.6 is 0 Å². The van der Waals surface area contributed by atoms with Crippen LogP contribution in [0.15, 0.2) is 67.1 Å². The fraction of sp³-hybridized carbons (Fsp3) is 0.150. The second kappa shape index (κ2) is 6.95. The normalized spacial score (nSPS) is 12.9. The minimum Gasteiger partial charge on any atom is -0.348 e. The van der Waals surface area contributed by atoms with Gasteiger partial charge in [0.1, 0.15) is 5.65 Å². The van der Waals surface area contributed by atoms with Gasteiger partial charge in [-0.2, -0.15) is 13.2 Å². The van der Waals surface area contributed by atoms with Crippen LogP contribution < -0.4 is 5.32 Å². The maximum atomic E-state index is 13.2. The van der Waals surface area contributed by atoms with Gasteiger partial charge in [0.05, 0.1) is 29.2 Å². The van der Waals surface area contributed by atoms with Gasteiger partial charge in [-0.15, -0.1) is 0 Å². The molecule has 4 rings (SSSR count). The molecular weight excluding hydrogens is 367 g/mol. The number of hydrogen-bond acceptors (Lipinski definition) is 4. The number of hydrogen-bond donors (Lipinski definition) is 1. The van der Waals surface area contributed by atoms with Gasteiger partial charge in [-0.1, -0.05) is 30.3 Å². The second-order valence-electron chi connectivity index (χ2n) is 6.30. The molecule has 0 aliphatic rings. The summed E-state index contributed by atoms with van der Waals surface area (Å²) in [5, 5.41) is 3.21. The summed E-state index contributed by atoms with van der Waals surface area (Å²) in [6.07, 6.45) is 0.00996. The van der Waals surface area contributed by atoms with Crippen LogP contribution in [-0.2, 0) is 6.18 Å². The molecule has 1 atom stereocenters. The van der Waals surface area contributed by atoms with Crippen LogP contribution in [0.1, 0.15) is 24.1 Å². The third kappa shape index (κ3) is 3.40. The van der Waals surface area contributed by atoms with Crippen molar-refractivity contribution in [2.45, 2.75) is 19.1 Å². The second-order valence-corrected chi connectivity index (χ2v) is 6.30. The molecule has 0 unspecified atom stereocenters. The highest BCUT2D eigenvalue weighted by Gasteiger charge is 2.34. The Kier molecular flexibility index (Phi) is 4.46. The topological polar surface area (TPSA) is 55.1 Å². The first-order valence-electron chi connectivity index (χ1n) is 8.61. The molecule has 0 radical (unpaired) electrons. The minimum atomic E-state index is -4.48. The summed E-state index contributed by atoms with van der Waals surface area (Å²) in [6, 6.07) is 13.8. The predicted octanol–water partition coefficient (Wildman–Crippen LogP) is 4.98. The number of halogens is 3. The number of anilines is 1. The Balaban J connectivity index is 1.69. The highest BCUT2D eigenvalue weighted by molar-refractivity contribution is 5.63. The first kappa shape index (κ1) is 18.0. The number of pyridine rings is 1. The lowest BCUT2D eigenvalue weighted by molar-refractivity contribution is -0.136. The molecule has 0 spiro atoms. The largest absolute Gasteiger partial charge is 0.419 e. The van der Waals surface area contributed by atoms with Crippen molar-refractivity contribution < 1.29 is 13.2 Å². The summed E-state index contributed by atoms with van der Waals surface area (Å²) >= 11 is 0. The van der Waals surface area contributed by atoms with Crippen molar-refractivity contribution in [2.24, 2.45) is 0 Å². The zero-order valence-electron chi connectivity index (χ0n) is 14.9. The standard InChI is InChI=1S/C20H16F3N5/c1-13(14-6-3-2-4-7-14)26-19-24-10-9-16(27-19)17-12-25-18-15(20(21,22)23)8-5-11-28(17)18/h2-13H,1H3,(H,24,26,27)/t13-/m0/s1. The monoisotopic (exact) mass is 383 g/mol. The zero-order valence-corrected chi connectivity index (χ0v) is 14.9. The molecule has 5 nitrogen and oxygen atoms in total. The first-order valence-corrected chi connectivity index (χ1v) is 8.61. The molecular formula is C20H16F3N5. The molecule has 1 N–H and O–H groups in total. The number of aromatic nitrogens is 4. The van der Waals surface area contributed by atoms with Gasteiger partial charge in [0.15, 0.2) is 0 Å². The molecule has 0 bridgehead atoms. The van der Waals surface area contributed by atoms with Crippen LogP contribution in [0.5, 0.6) is 0 Å². The molecule has 28 heavy (non-hydrogen) atoms. The number of alkyl halides is 3. The van der Waals surface area contributed by atoms with Gasteiger partial charge in [0, 0.05) is 12.4 Å². The van der Waals surface area contributed by atoms with Crippen molar-refractivity contribution in [2.75, 3.05) is 5.32 Å². The van der Waals surface area contributed by atoms with Crippen molar-refractivity contribution in [3.8, 4) is 11.4 Å². The molecule has 3 aromatic heterocycles. The Bertz CT molecular complexity index is 1110. The molecule has 0 fully saturated rings. The summed E-state index contributed by atoms with van der Waals surface area (Å²) in [4.78, 5) is 12.6. The first-order chi connectivity index (χ1) is 13.4. The van der Waals surface area contributed by atoms with Gasteiger partial charge >= 0.3 is 6.18 Å². The zero-order chi connectivity index (χ0) is 19.7. The summed E-state index contributed by atoms with van der Waals surface area (Å²) in [6.45, 7) is 1.98. The number of nitrogens with one attached hydrogen (secondary N) is 1. The summed E-state index contributed by atoms with van der Waals surface area (Å²) in [5.41, 5.74) is 1.06. The van der Waals surface area contributed by atoms with Crippen LogP contribution in [0.2, 0.25) is 0 Å². The third-order valence-corrected chi connectivity index (χ3v) is 4.40. The summed E-state index contributed by atoms with van der Waals surface area (Å²) in [5.74, 6) is 0.385. The van der Waals surface area contributed by atoms with E-state index in [1.807, 2.05) is 37.3 Å². The Morgan fingerprint density at radius 3 is 2.54 bits per heavy atom. The number of nitrogens with zero attached hydrogens (tertiary/aromatic N) is 4. The van der Waals surface area contributed by atoms with Crippen molar-refractivity contribution in [3.05, 3.63) is 78.2 Å². The number of benzene rings is 1. The van der Waals surface area contributed by atoms with Gasteiger partial charge in [-0.25, -0.2) is 15.0 Å². The number of fused-ring (bicyclic) bond motifs is 1. The van der Waals surface area contributed by atoms with Gasteiger partial charge in [0.2, 0.25) is 5.95 Å². The van der Waals surface area contributed by atoms with E-state index in [2.05, 4.69) is 20.3 Å². The molecule has 0 saturated heterocycles. The Morgan fingerprint density at radius 2 is 1.79 bits per heavy atom. The van der Waals surface area contributed by atoms with Gasteiger partial charge in [-0.3, -0.25) is 4.40 Å². The molecule has 0 aliphatic heterocycles. The molecule has 3 heterocycles. The predicted molar refractivity (Wildman–Crippen MR) is 99.7 cm³/mol. The van der Waals surface area contributed by atoms with E-state index in [1.54, 1.807) is 12.3 Å². The van der Waals surface area contributed by atoms with Crippen LogP contribution in [0, 0.1) is 0 Å². The lowest BCUT2D eigenvalue weighted by Gasteiger charge is -2.14. The number of rotatable bonds is 4. The van der Waals surface area contributed by atoms with E-state index in [0.717, 1.165) is 11.6 Å². The van der Waals surface area contributed by atoms with Crippen molar-refractivity contribution in [1.82, 2.24) is 19.4 Å². The minimum absolute atomic E-state index is 0.0320. The Hall–Kier alpha value is -3.42. The average Bonchev–Trinajstić information content (AvgIpc) is 3.12. The van der Waals surface area contributed by atoms with Crippen molar-refractivity contribution in [1.29, 1.82) is 0 Å². The Labute approximate surface area is 158 Å². The van der Waals surface area contributed by atoms with Crippen LogP contribution in [0.3, 0.4) is 0 Å². The van der Waals surface area contributed by atoms with E-state index in [9.17, 15) is 13.2 Å². The van der Waals surface area contributed by atoms with E-state index >= 15 is 0 Å². The van der Waals surface area contributed by atoms with Crippen LogP contribution in [0.4, 0.5) is 19.1 Å². The summed E-state index contributed by atoms with van der Waals surface area (Å²) < 4.78 is 41.0. The molecule has 0 amide bonds. The quantitative estimate of drug-likeness (QED) is 0.540. The maximum Gasteiger partial charge on any atom is 0.419 e. The van der Waals surface area contributed by atoms with E-state index < -0.39 is 11.7 Å². The summed E-state index contributed by atoms with van der Waals surface area (Å²) in [7, 11) is 0. The lowest BCUT2D eigenvalue weighted by atomic mass is 10.1. The van der Waals surface area contributed by atoms with Gasteiger partial charge < -0.3 is 5.32 Å². The Morgan fingerprint density at radius 1 is 1.00 bits per heavy atom.